The molecule has 1 aromatic rings. The van der Waals surface area contributed by atoms with E-state index in [4.69, 9.17) is 0 Å². The molecule has 0 N–H and O–H groups in total. The van der Waals surface area contributed by atoms with Gasteiger partial charge in [-0.1, -0.05) is 31.2 Å². The summed E-state index contributed by atoms with van der Waals surface area (Å²) in [6.07, 6.45) is 1.08. The molecule has 1 aromatic carbocycles. The number of benzene rings is 1. The lowest BCUT2D eigenvalue weighted by molar-refractivity contribution is 1.07. The Kier molecular flexibility index (Phi) is 3.65. The van der Waals surface area contributed by atoms with Gasteiger partial charge in [-0.3, -0.25) is 0 Å². The summed E-state index contributed by atoms with van der Waals surface area (Å²) < 4.78 is 0. The van der Waals surface area contributed by atoms with Gasteiger partial charge in [-0.15, -0.1) is 0 Å². The SMILES string of the molecule is CCc1ccc(CN=C=S)cc1. The average Bonchev–Trinajstić information content (AvgIpc) is 2.15. The smallest absolute Gasteiger partial charge is 0.0743 e. The molecule has 0 unspecified atom stereocenters. The van der Waals surface area contributed by atoms with E-state index in [9.17, 15) is 0 Å². The van der Waals surface area contributed by atoms with Crippen LogP contribution in [0.1, 0.15) is 18.1 Å². The number of aryl methyl sites for hydroxylation is 1. The van der Waals surface area contributed by atoms with Crippen LogP contribution in [0.15, 0.2) is 29.3 Å². The van der Waals surface area contributed by atoms with Crippen LogP contribution in [0, 0.1) is 0 Å². The fraction of sp³-hybridized carbons (Fsp3) is 0.300. The van der Waals surface area contributed by atoms with Crippen LogP contribution in [0.25, 0.3) is 0 Å². The average molecular weight is 177 g/mol. The number of thiocarbonyl (C=S) groups is 1. The predicted octanol–water partition coefficient (Wildman–Crippen LogP) is 2.85. The molecule has 2 heteroatoms. The zero-order valence-corrected chi connectivity index (χ0v) is 7.90. The van der Waals surface area contributed by atoms with Crippen LogP contribution in [-0.4, -0.2) is 5.16 Å². The Hall–Kier alpha value is -0.980. The van der Waals surface area contributed by atoms with Crippen molar-refractivity contribution < 1.29 is 0 Å². The highest BCUT2D eigenvalue weighted by atomic mass is 32.1. The summed E-state index contributed by atoms with van der Waals surface area (Å²) in [4.78, 5) is 3.86. The maximum absolute atomic E-state index is 4.48. The van der Waals surface area contributed by atoms with E-state index in [0.717, 1.165) is 6.42 Å². The molecule has 0 aromatic heterocycles. The molecule has 0 spiro atoms. The number of rotatable bonds is 3. The molecule has 0 fully saturated rings. The van der Waals surface area contributed by atoms with Crippen LogP contribution < -0.4 is 0 Å². The van der Waals surface area contributed by atoms with Crippen molar-refractivity contribution in [1.82, 2.24) is 0 Å². The molecule has 0 heterocycles. The van der Waals surface area contributed by atoms with Crippen LogP contribution in [0.5, 0.6) is 0 Å². The number of hydrogen-bond donors (Lipinski definition) is 0. The topological polar surface area (TPSA) is 12.4 Å². The second kappa shape index (κ2) is 4.81. The van der Waals surface area contributed by atoms with Gasteiger partial charge in [0.05, 0.1) is 11.7 Å². The first-order chi connectivity index (χ1) is 5.86. The Morgan fingerprint density at radius 3 is 2.33 bits per heavy atom. The van der Waals surface area contributed by atoms with E-state index in [1.807, 2.05) is 0 Å². The summed E-state index contributed by atoms with van der Waals surface area (Å²) in [6, 6.07) is 8.40. The minimum atomic E-state index is 0.646. The molecule has 1 rings (SSSR count). The zero-order chi connectivity index (χ0) is 8.81. The van der Waals surface area contributed by atoms with Gasteiger partial charge < -0.3 is 0 Å². The lowest BCUT2D eigenvalue weighted by atomic mass is 10.1. The lowest BCUT2D eigenvalue weighted by Crippen LogP contribution is -1.83. The van der Waals surface area contributed by atoms with E-state index >= 15 is 0 Å². The van der Waals surface area contributed by atoms with Crippen LogP contribution >= 0.6 is 12.2 Å². The Balaban J connectivity index is 2.70. The molecular weight excluding hydrogens is 166 g/mol. The minimum Gasteiger partial charge on any atom is -0.228 e. The van der Waals surface area contributed by atoms with Gasteiger partial charge >= 0.3 is 0 Å². The van der Waals surface area contributed by atoms with Gasteiger partial charge in [-0.25, -0.2) is 4.99 Å². The number of isothiocyanates is 1. The van der Waals surface area contributed by atoms with E-state index in [2.05, 4.69) is 53.6 Å². The molecule has 0 atom stereocenters. The third-order valence-corrected chi connectivity index (χ3v) is 1.89. The van der Waals surface area contributed by atoms with Crippen molar-refractivity contribution in [2.45, 2.75) is 19.9 Å². The van der Waals surface area contributed by atoms with Crippen LogP contribution in [0.4, 0.5) is 0 Å². The summed E-state index contributed by atoms with van der Waals surface area (Å²) in [5, 5.41) is 2.35. The maximum Gasteiger partial charge on any atom is 0.0743 e. The molecule has 0 bridgehead atoms. The first kappa shape index (κ1) is 9.11. The van der Waals surface area contributed by atoms with Crippen molar-refractivity contribution in [3.8, 4) is 0 Å². The molecule has 0 radical (unpaired) electrons. The van der Waals surface area contributed by atoms with Gasteiger partial charge in [0.25, 0.3) is 0 Å². The largest absolute Gasteiger partial charge is 0.228 e. The maximum atomic E-state index is 4.48. The first-order valence-electron chi connectivity index (χ1n) is 3.98. The van der Waals surface area contributed by atoms with E-state index < -0.39 is 0 Å². The van der Waals surface area contributed by atoms with Gasteiger partial charge in [-0.2, -0.15) is 0 Å². The fourth-order valence-electron chi connectivity index (χ4n) is 1.00. The Labute approximate surface area is 78.1 Å². The fourth-order valence-corrected chi connectivity index (χ4v) is 1.07. The molecule has 0 aliphatic carbocycles. The van der Waals surface area contributed by atoms with E-state index in [1.165, 1.54) is 11.1 Å². The third kappa shape index (κ3) is 2.57. The van der Waals surface area contributed by atoms with Gasteiger partial charge in [0.15, 0.2) is 0 Å². The van der Waals surface area contributed by atoms with E-state index in [0.29, 0.717) is 6.54 Å². The van der Waals surface area contributed by atoms with Crippen molar-refractivity contribution >= 4 is 17.4 Å². The van der Waals surface area contributed by atoms with Crippen LogP contribution in [0.3, 0.4) is 0 Å². The Bertz CT molecular complexity index is 283. The molecule has 62 valence electrons. The second-order valence-corrected chi connectivity index (χ2v) is 2.76. The molecule has 1 nitrogen and oxygen atoms in total. The third-order valence-electron chi connectivity index (χ3n) is 1.76. The predicted molar refractivity (Wildman–Crippen MR) is 54.6 cm³/mol. The molecule has 0 amide bonds. The first-order valence-corrected chi connectivity index (χ1v) is 4.39. The van der Waals surface area contributed by atoms with Crippen molar-refractivity contribution in [1.29, 1.82) is 0 Å². The minimum absolute atomic E-state index is 0.646. The standard InChI is InChI=1S/C10H11NS/c1-2-9-3-5-10(6-4-9)7-11-8-12/h3-6H,2,7H2,1H3. The van der Waals surface area contributed by atoms with E-state index in [1.54, 1.807) is 0 Å². The van der Waals surface area contributed by atoms with Crippen molar-refractivity contribution in [3.63, 3.8) is 0 Å². The number of nitrogens with zero attached hydrogens (tertiary/aromatic N) is 1. The van der Waals surface area contributed by atoms with Crippen molar-refractivity contribution in [3.05, 3.63) is 35.4 Å². The van der Waals surface area contributed by atoms with Crippen molar-refractivity contribution in [2.75, 3.05) is 0 Å². The molecule has 0 aliphatic heterocycles. The van der Waals surface area contributed by atoms with Gasteiger partial charge in [0, 0.05) is 0 Å². The highest BCUT2D eigenvalue weighted by Crippen LogP contribution is 2.05. The Morgan fingerprint density at radius 2 is 1.83 bits per heavy atom. The van der Waals surface area contributed by atoms with Gasteiger partial charge in [0.2, 0.25) is 0 Å². The summed E-state index contributed by atoms with van der Waals surface area (Å²) in [5.41, 5.74) is 2.54. The molecular formula is C10H11NS. The summed E-state index contributed by atoms with van der Waals surface area (Å²) in [7, 11) is 0. The van der Waals surface area contributed by atoms with E-state index in [-0.39, 0.29) is 0 Å². The molecule has 0 aliphatic rings. The second-order valence-electron chi connectivity index (χ2n) is 2.58. The highest BCUT2D eigenvalue weighted by Gasteiger charge is 1.90. The lowest BCUT2D eigenvalue weighted by Gasteiger charge is -1.97. The monoisotopic (exact) mass is 177 g/mol. The summed E-state index contributed by atoms with van der Waals surface area (Å²) in [6.45, 7) is 2.79. The normalized spacial score (nSPS) is 9.08. The van der Waals surface area contributed by atoms with Crippen molar-refractivity contribution in [2.24, 2.45) is 4.99 Å². The van der Waals surface area contributed by atoms with Gasteiger partial charge in [-0.05, 0) is 29.8 Å². The number of hydrogen-bond acceptors (Lipinski definition) is 2. The molecule has 0 saturated heterocycles. The summed E-state index contributed by atoms with van der Waals surface area (Å²) in [5.74, 6) is 0. The molecule has 0 saturated carbocycles. The molecule has 12 heavy (non-hydrogen) atoms. The highest BCUT2D eigenvalue weighted by molar-refractivity contribution is 7.78. The van der Waals surface area contributed by atoms with Crippen LogP contribution in [0.2, 0.25) is 0 Å². The summed E-state index contributed by atoms with van der Waals surface area (Å²) >= 11 is 4.48. The quantitative estimate of drug-likeness (QED) is 0.511. The van der Waals surface area contributed by atoms with Gasteiger partial charge in [0.1, 0.15) is 0 Å². The van der Waals surface area contributed by atoms with Crippen LogP contribution in [-0.2, 0) is 13.0 Å². The number of aliphatic imine (C=N–C) groups is 1. The Morgan fingerprint density at radius 1 is 1.25 bits per heavy atom. The zero-order valence-electron chi connectivity index (χ0n) is 7.08.